The van der Waals surface area contributed by atoms with Crippen molar-refractivity contribution in [1.29, 1.82) is 0 Å². The van der Waals surface area contributed by atoms with Gasteiger partial charge in [-0.15, -0.1) is 0 Å². The molecule has 2 heterocycles. The number of nitrogens with zero attached hydrogens (tertiary/aromatic N) is 3. The molecule has 1 aromatic rings. The normalized spacial score (nSPS) is 21.0. The second-order valence-electron chi connectivity index (χ2n) is 5.48. The average molecular weight is 292 g/mol. The first kappa shape index (κ1) is 14.1. The van der Waals surface area contributed by atoms with Crippen LogP contribution in [0.3, 0.4) is 0 Å². The van der Waals surface area contributed by atoms with Crippen molar-refractivity contribution in [3.05, 3.63) is 18.0 Å². The zero-order valence-corrected chi connectivity index (χ0v) is 12.1. The Morgan fingerprint density at radius 1 is 1.48 bits per heavy atom. The SMILES string of the molecule is CCOCC(=O)N1Cc2ccnn2C(C(=O)NC2CC2)C1. The minimum Gasteiger partial charge on any atom is -0.372 e. The highest BCUT2D eigenvalue weighted by Gasteiger charge is 2.35. The zero-order valence-electron chi connectivity index (χ0n) is 12.1. The number of amides is 2. The van der Waals surface area contributed by atoms with E-state index in [4.69, 9.17) is 4.74 Å². The summed E-state index contributed by atoms with van der Waals surface area (Å²) in [6.45, 7) is 3.23. The van der Waals surface area contributed by atoms with E-state index >= 15 is 0 Å². The second-order valence-corrected chi connectivity index (χ2v) is 5.48. The largest absolute Gasteiger partial charge is 0.372 e. The highest BCUT2D eigenvalue weighted by molar-refractivity contribution is 5.83. The van der Waals surface area contributed by atoms with Crippen LogP contribution in [0.5, 0.6) is 0 Å². The first-order valence-electron chi connectivity index (χ1n) is 7.37. The van der Waals surface area contributed by atoms with Crippen LogP contribution in [0, 0.1) is 0 Å². The maximum Gasteiger partial charge on any atom is 0.249 e. The van der Waals surface area contributed by atoms with E-state index in [0.717, 1.165) is 18.5 Å². The Morgan fingerprint density at radius 3 is 3.00 bits per heavy atom. The van der Waals surface area contributed by atoms with E-state index in [9.17, 15) is 9.59 Å². The predicted molar refractivity (Wildman–Crippen MR) is 74.3 cm³/mol. The molecule has 1 unspecified atom stereocenters. The molecule has 3 rings (SSSR count). The summed E-state index contributed by atoms with van der Waals surface area (Å²) in [6.07, 6.45) is 3.75. The second kappa shape index (κ2) is 5.85. The van der Waals surface area contributed by atoms with Gasteiger partial charge in [-0.25, -0.2) is 0 Å². The van der Waals surface area contributed by atoms with E-state index in [1.807, 2.05) is 13.0 Å². The van der Waals surface area contributed by atoms with Gasteiger partial charge in [0, 0.05) is 18.8 Å². The zero-order chi connectivity index (χ0) is 14.8. The number of fused-ring (bicyclic) bond motifs is 1. The minimum atomic E-state index is -0.449. The lowest BCUT2D eigenvalue weighted by Crippen LogP contribution is -2.48. The number of carbonyl (C=O) groups is 2. The van der Waals surface area contributed by atoms with Gasteiger partial charge < -0.3 is 15.0 Å². The summed E-state index contributed by atoms with van der Waals surface area (Å²) in [6, 6.07) is 1.69. The molecule has 1 aliphatic carbocycles. The fourth-order valence-electron chi connectivity index (χ4n) is 2.48. The third-order valence-electron chi connectivity index (χ3n) is 3.80. The van der Waals surface area contributed by atoms with Crippen LogP contribution in [-0.2, 0) is 20.9 Å². The highest BCUT2D eigenvalue weighted by atomic mass is 16.5. The lowest BCUT2D eigenvalue weighted by molar-refractivity contribution is -0.139. The molecule has 21 heavy (non-hydrogen) atoms. The average Bonchev–Trinajstić information content (AvgIpc) is 3.16. The molecule has 2 amide bonds. The van der Waals surface area contributed by atoms with Gasteiger partial charge in [-0.2, -0.15) is 5.10 Å². The Kier molecular flexibility index (Phi) is 3.92. The molecule has 7 heteroatoms. The van der Waals surface area contributed by atoms with Crippen LogP contribution in [0.15, 0.2) is 12.3 Å². The van der Waals surface area contributed by atoms with Crippen LogP contribution in [0.2, 0.25) is 0 Å². The Labute approximate surface area is 123 Å². The minimum absolute atomic E-state index is 0.0571. The van der Waals surface area contributed by atoms with E-state index < -0.39 is 6.04 Å². The van der Waals surface area contributed by atoms with Gasteiger partial charge in [-0.05, 0) is 25.8 Å². The number of rotatable bonds is 5. The van der Waals surface area contributed by atoms with Gasteiger partial charge in [-0.1, -0.05) is 0 Å². The predicted octanol–water partition coefficient (Wildman–Crippen LogP) is 0.0815. The molecular formula is C14H20N4O3. The molecule has 114 valence electrons. The highest BCUT2D eigenvalue weighted by Crippen LogP contribution is 2.24. The van der Waals surface area contributed by atoms with Crippen molar-refractivity contribution >= 4 is 11.8 Å². The first-order valence-corrected chi connectivity index (χ1v) is 7.37. The molecule has 0 bridgehead atoms. The molecule has 1 saturated carbocycles. The summed E-state index contributed by atoms with van der Waals surface area (Å²) in [5.74, 6) is -0.148. The number of hydrogen-bond donors (Lipinski definition) is 1. The van der Waals surface area contributed by atoms with Gasteiger partial charge >= 0.3 is 0 Å². The number of ether oxygens (including phenoxy) is 1. The number of hydrogen-bond acceptors (Lipinski definition) is 4. The molecule has 0 spiro atoms. The standard InChI is InChI=1S/C14H20N4O3/c1-2-21-9-13(19)17-7-11-5-6-15-18(11)12(8-17)14(20)16-10-3-4-10/h5-6,10,12H,2-4,7-9H2,1H3,(H,16,20). The van der Waals surface area contributed by atoms with E-state index in [1.165, 1.54) is 0 Å². The van der Waals surface area contributed by atoms with Crippen molar-refractivity contribution in [2.45, 2.75) is 38.4 Å². The van der Waals surface area contributed by atoms with Crippen molar-refractivity contribution in [3.63, 3.8) is 0 Å². The Balaban J connectivity index is 1.73. The summed E-state index contributed by atoms with van der Waals surface area (Å²) in [4.78, 5) is 26.2. The van der Waals surface area contributed by atoms with E-state index in [0.29, 0.717) is 25.7 Å². The fraction of sp³-hybridized carbons (Fsp3) is 0.643. The van der Waals surface area contributed by atoms with Crippen molar-refractivity contribution < 1.29 is 14.3 Å². The Morgan fingerprint density at radius 2 is 2.29 bits per heavy atom. The van der Waals surface area contributed by atoms with Crippen LogP contribution in [0.4, 0.5) is 0 Å². The van der Waals surface area contributed by atoms with Crippen molar-refractivity contribution in [2.75, 3.05) is 19.8 Å². The van der Waals surface area contributed by atoms with E-state index in [-0.39, 0.29) is 18.4 Å². The molecule has 0 aromatic carbocycles. The molecule has 1 atom stereocenters. The van der Waals surface area contributed by atoms with E-state index in [1.54, 1.807) is 15.8 Å². The molecule has 1 fully saturated rings. The quantitative estimate of drug-likeness (QED) is 0.834. The van der Waals surface area contributed by atoms with Gasteiger partial charge in [0.05, 0.1) is 18.8 Å². The molecule has 2 aliphatic rings. The molecule has 7 nitrogen and oxygen atoms in total. The third kappa shape index (κ3) is 3.07. The first-order chi connectivity index (χ1) is 10.2. The van der Waals surface area contributed by atoms with Gasteiger partial charge in [0.25, 0.3) is 0 Å². The number of carbonyl (C=O) groups excluding carboxylic acids is 2. The summed E-state index contributed by atoms with van der Waals surface area (Å²) in [7, 11) is 0. The van der Waals surface area contributed by atoms with Crippen molar-refractivity contribution in [3.8, 4) is 0 Å². The van der Waals surface area contributed by atoms with Crippen LogP contribution >= 0.6 is 0 Å². The topological polar surface area (TPSA) is 76.5 Å². The lowest BCUT2D eigenvalue weighted by Gasteiger charge is -2.33. The number of aromatic nitrogens is 2. The molecule has 1 aromatic heterocycles. The van der Waals surface area contributed by atoms with Gasteiger partial charge in [0.15, 0.2) is 0 Å². The van der Waals surface area contributed by atoms with Gasteiger partial charge in [0.2, 0.25) is 11.8 Å². The lowest BCUT2D eigenvalue weighted by atomic mass is 10.1. The molecule has 1 N–H and O–H groups in total. The van der Waals surface area contributed by atoms with Crippen LogP contribution in [0.1, 0.15) is 31.5 Å². The van der Waals surface area contributed by atoms with Crippen LogP contribution in [-0.4, -0.2) is 52.3 Å². The van der Waals surface area contributed by atoms with E-state index in [2.05, 4.69) is 10.4 Å². The van der Waals surface area contributed by atoms with Crippen LogP contribution in [0.25, 0.3) is 0 Å². The number of nitrogens with one attached hydrogen (secondary N) is 1. The summed E-state index contributed by atoms with van der Waals surface area (Å²) in [5.41, 5.74) is 0.877. The third-order valence-corrected chi connectivity index (χ3v) is 3.80. The Hall–Kier alpha value is -1.89. The maximum absolute atomic E-state index is 12.4. The molecule has 1 aliphatic heterocycles. The Bertz CT molecular complexity index is 538. The maximum atomic E-state index is 12.4. The summed E-state index contributed by atoms with van der Waals surface area (Å²) >= 11 is 0. The molecule has 0 radical (unpaired) electrons. The smallest absolute Gasteiger partial charge is 0.249 e. The van der Waals surface area contributed by atoms with Gasteiger partial charge in [0.1, 0.15) is 12.6 Å². The van der Waals surface area contributed by atoms with Crippen LogP contribution < -0.4 is 5.32 Å². The van der Waals surface area contributed by atoms with Gasteiger partial charge in [-0.3, -0.25) is 14.3 Å². The summed E-state index contributed by atoms with van der Waals surface area (Å²) in [5, 5.41) is 7.22. The molecule has 0 saturated heterocycles. The summed E-state index contributed by atoms with van der Waals surface area (Å²) < 4.78 is 6.90. The van der Waals surface area contributed by atoms with Crippen molar-refractivity contribution in [1.82, 2.24) is 20.0 Å². The molecular weight excluding hydrogens is 272 g/mol. The monoisotopic (exact) mass is 292 g/mol. The fourth-order valence-corrected chi connectivity index (χ4v) is 2.48. The van der Waals surface area contributed by atoms with Crippen molar-refractivity contribution in [2.24, 2.45) is 0 Å².